The van der Waals surface area contributed by atoms with Gasteiger partial charge in [-0.25, -0.2) is 4.98 Å². The van der Waals surface area contributed by atoms with Gasteiger partial charge in [-0.1, -0.05) is 24.3 Å². The van der Waals surface area contributed by atoms with Gasteiger partial charge in [0.25, 0.3) is 0 Å². The van der Waals surface area contributed by atoms with Crippen LogP contribution < -0.4 is 0 Å². The Balaban J connectivity index is 1.85. The molecule has 0 bridgehead atoms. The third-order valence-corrected chi connectivity index (χ3v) is 3.93. The number of nitrogens with zero attached hydrogens (tertiary/aromatic N) is 2. The van der Waals surface area contributed by atoms with Crippen LogP contribution in [0.5, 0.6) is 0 Å². The maximum atomic E-state index is 9.54. The molecule has 0 aliphatic carbocycles. The van der Waals surface area contributed by atoms with E-state index in [4.69, 9.17) is 0 Å². The molecule has 4 aromatic rings. The van der Waals surface area contributed by atoms with Crippen molar-refractivity contribution in [3.63, 3.8) is 0 Å². The van der Waals surface area contributed by atoms with E-state index in [0.29, 0.717) is 11.4 Å². The lowest BCUT2D eigenvalue weighted by atomic mass is 10.1. The number of aromatic nitrogens is 3. The van der Waals surface area contributed by atoms with Crippen LogP contribution in [-0.2, 0) is 0 Å². The second-order valence-electron chi connectivity index (χ2n) is 5.57. The zero-order valence-corrected chi connectivity index (χ0v) is 12.6. The molecule has 23 heavy (non-hydrogen) atoms. The van der Waals surface area contributed by atoms with E-state index < -0.39 is 0 Å². The Kier molecular flexibility index (Phi) is 2.99. The van der Waals surface area contributed by atoms with Gasteiger partial charge in [0.2, 0.25) is 0 Å². The van der Waals surface area contributed by atoms with E-state index in [1.165, 1.54) is 0 Å². The molecule has 0 radical (unpaired) electrons. The van der Waals surface area contributed by atoms with E-state index in [1.54, 1.807) is 0 Å². The van der Waals surface area contributed by atoms with Crippen LogP contribution in [0.3, 0.4) is 0 Å². The highest BCUT2D eigenvalue weighted by atomic mass is 14.9. The van der Waals surface area contributed by atoms with Crippen LogP contribution in [0.15, 0.2) is 48.7 Å². The van der Waals surface area contributed by atoms with Crippen molar-refractivity contribution in [3.05, 3.63) is 65.6 Å². The zero-order valence-electron chi connectivity index (χ0n) is 12.6. The van der Waals surface area contributed by atoms with E-state index in [0.717, 1.165) is 33.1 Å². The number of para-hydroxylation sites is 1. The number of H-pyrrole nitrogens is 2. The minimum Gasteiger partial charge on any atom is -0.361 e. The smallest absolute Gasteiger partial charge is 0.149 e. The average molecular weight is 298 g/mol. The maximum Gasteiger partial charge on any atom is 0.149 e. The van der Waals surface area contributed by atoms with Crippen molar-refractivity contribution in [2.45, 2.75) is 6.92 Å². The topological polar surface area (TPSA) is 68.3 Å². The van der Waals surface area contributed by atoms with Crippen molar-refractivity contribution < 1.29 is 0 Å². The minimum atomic E-state index is 0.517. The van der Waals surface area contributed by atoms with Gasteiger partial charge in [0, 0.05) is 22.7 Å². The van der Waals surface area contributed by atoms with Crippen LogP contribution in [0.2, 0.25) is 0 Å². The fourth-order valence-electron chi connectivity index (χ4n) is 2.77. The standard InChI is InChI=1S/C19H14N4/c1-12-6-7-17-18(8-12)23-19(22-17)13(10-20)9-14-11-21-16-5-3-2-4-15(14)16/h2-9,11,21H,1H3,(H,22,23). The molecule has 4 rings (SSSR count). The molecule has 0 aliphatic rings. The lowest BCUT2D eigenvalue weighted by Gasteiger charge is -1.94. The van der Waals surface area contributed by atoms with Gasteiger partial charge < -0.3 is 9.97 Å². The predicted molar refractivity (Wildman–Crippen MR) is 92.6 cm³/mol. The quantitative estimate of drug-likeness (QED) is 0.538. The summed E-state index contributed by atoms with van der Waals surface area (Å²) in [6.07, 6.45) is 3.78. The molecule has 2 N–H and O–H groups in total. The predicted octanol–water partition coefficient (Wildman–Crippen LogP) is 4.42. The first-order valence-electron chi connectivity index (χ1n) is 7.39. The van der Waals surface area contributed by atoms with Crippen molar-refractivity contribution in [1.82, 2.24) is 15.0 Å². The van der Waals surface area contributed by atoms with Crippen molar-refractivity contribution in [2.75, 3.05) is 0 Å². The summed E-state index contributed by atoms with van der Waals surface area (Å²) in [5.41, 5.74) is 5.52. The number of hydrogen-bond acceptors (Lipinski definition) is 2. The maximum absolute atomic E-state index is 9.54. The van der Waals surface area contributed by atoms with E-state index >= 15 is 0 Å². The van der Waals surface area contributed by atoms with Crippen LogP contribution in [0.4, 0.5) is 0 Å². The summed E-state index contributed by atoms with van der Waals surface area (Å²) < 4.78 is 0. The third kappa shape index (κ3) is 2.29. The molecule has 0 saturated carbocycles. The number of hydrogen-bond donors (Lipinski definition) is 2. The lowest BCUT2D eigenvalue weighted by Crippen LogP contribution is -1.84. The monoisotopic (exact) mass is 298 g/mol. The second kappa shape index (κ2) is 5.15. The third-order valence-electron chi connectivity index (χ3n) is 3.93. The van der Waals surface area contributed by atoms with Gasteiger partial charge in [-0.2, -0.15) is 5.26 Å². The van der Waals surface area contributed by atoms with E-state index in [-0.39, 0.29) is 0 Å². The lowest BCUT2D eigenvalue weighted by molar-refractivity contribution is 1.27. The first-order valence-corrected chi connectivity index (χ1v) is 7.39. The van der Waals surface area contributed by atoms with Gasteiger partial charge >= 0.3 is 0 Å². The molecule has 2 heterocycles. The summed E-state index contributed by atoms with van der Waals surface area (Å²) in [7, 11) is 0. The summed E-state index contributed by atoms with van der Waals surface area (Å²) in [5, 5.41) is 10.6. The Hall–Kier alpha value is -3.32. The summed E-state index contributed by atoms with van der Waals surface area (Å²) in [4.78, 5) is 11.0. The number of nitriles is 1. The molecule has 0 saturated heterocycles. The Labute approximate surface area is 133 Å². The Morgan fingerprint density at radius 1 is 1.17 bits per heavy atom. The number of aryl methyl sites for hydroxylation is 1. The van der Waals surface area contributed by atoms with Gasteiger partial charge in [0.15, 0.2) is 0 Å². The minimum absolute atomic E-state index is 0.517. The van der Waals surface area contributed by atoms with Gasteiger partial charge in [-0.15, -0.1) is 0 Å². The Morgan fingerprint density at radius 2 is 2.04 bits per heavy atom. The highest BCUT2D eigenvalue weighted by Crippen LogP contribution is 2.24. The summed E-state index contributed by atoms with van der Waals surface area (Å²) in [6.45, 7) is 2.03. The van der Waals surface area contributed by atoms with E-state index in [1.807, 2.05) is 61.7 Å². The zero-order chi connectivity index (χ0) is 15.8. The van der Waals surface area contributed by atoms with Gasteiger partial charge in [-0.05, 0) is 36.8 Å². The number of allylic oxidation sites excluding steroid dienone is 1. The molecule has 0 atom stereocenters. The van der Waals surface area contributed by atoms with Crippen LogP contribution in [-0.4, -0.2) is 15.0 Å². The molecule has 4 heteroatoms. The highest BCUT2D eigenvalue weighted by Gasteiger charge is 2.09. The van der Waals surface area contributed by atoms with Crippen LogP contribution in [0, 0.1) is 18.3 Å². The SMILES string of the molecule is Cc1ccc2nc(C(C#N)=Cc3c[nH]c4ccccc34)[nH]c2c1. The molecule has 2 aromatic heterocycles. The van der Waals surface area contributed by atoms with Gasteiger partial charge in [0.05, 0.1) is 16.6 Å². The first-order chi connectivity index (χ1) is 11.2. The molecule has 2 aromatic carbocycles. The van der Waals surface area contributed by atoms with Crippen molar-refractivity contribution in [1.29, 1.82) is 5.26 Å². The molecule has 0 aliphatic heterocycles. The second-order valence-corrected chi connectivity index (χ2v) is 5.57. The average Bonchev–Trinajstić information content (AvgIpc) is 3.16. The number of imidazole rings is 1. The molecule has 4 nitrogen and oxygen atoms in total. The number of nitrogens with one attached hydrogen (secondary N) is 2. The molecular formula is C19H14N4. The van der Waals surface area contributed by atoms with E-state index in [9.17, 15) is 5.26 Å². The molecule has 110 valence electrons. The highest BCUT2D eigenvalue weighted by molar-refractivity contribution is 5.97. The van der Waals surface area contributed by atoms with Crippen LogP contribution >= 0.6 is 0 Å². The Morgan fingerprint density at radius 3 is 2.91 bits per heavy atom. The summed E-state index contributed by atoms with van der Waals surface area (Å²) >= 11 is 0. The normalized spacial score (nSPS) is 11.9. The van der Waals surface area contributed by atoms with Crippen molar-refractivity contribution in [3.8, 4) is 6.07 Å². The van der Waals surface area contributed by atoms with Gasteiger partial charge in [0.1, 0.15) is 11.9 Å². The van der Waals surface area contributed by atoms with E-state index in [2.05, 4.69) is 21.0 Å². The molecule has 0 spiro atoms. The Bertz CT molecular complexity index is 1090. The van der Waals surface area contributed by atoms with Crippen LogP contribution in [0.1, 0.15) is 17.0 Å². The van der Waals surface area contributed by atoms with Gasteiger partial charge in [-0.3, -0.25) is 0 Å². The number of rotatable bonds is 2. The fraction of sp³-hybridized carbons (Fsp3) is 0.0526. The fourth-order valence-corrected chi connectivity index (χ4v) is 2.77. The summed E-state index contributed by atoms with van der Waals surface area (Å²) in [6, 6.07) is 16.3. The van der Waals surface area contributed by atoms with Crippen LogP contribution in [0.25, 0.3) is 33.6 Å². The molecule has 0 amide bonds. The number of aromatic amines is 2. The van der Waals surface area contributed by atoms with Crippen molar-refractivity contribution in [2.24, 2.45) is 0 Å². The molecular weight excluding hydrogens is 284 g/mol. The largest absolute Gasteiger partial charge is 0.361 e. The number of fused-ring (bicyclic) bond motifs is 2. The summed E-state index contributed by atoms with van der Waals surface area (Å²) in [5.74, 6) is 0.596. The molecule has 0 unspecified atom stereocenters. The van der Waals surface area contributed by atoms with Crippen molar-refractivity contribution >= 4 is 33.6 Å². The number of benzene rings is 2. The first kappa shape index (κ1) is 13.4. The molecule has 0 fully saturated rings.